The summed E-state index contributed by atoms with van der Waals surface area (Å²) < 4.78 is 10.8. The zero-order valence-corrected chi connectivity index (χ0v) is 12.3. The molecule has 1 aromatic carbocycles. The minimum Gasteiger partial charge on any atom is -0.493 e. The number of barbiturate groups is 1. The van der Waals surface area contributed by atoms with E-state index in [4.69, 9.17) is 9.47 Å². The van der Waals surface area contributed by atoms with Gasteiger partial charge in [-0.05, 0) is 30.2 Å². The highest BCUT2D eigenvalue weighted by Crippen LogP contribution is 2.29. The summed E-state index contributed by atoms with van der Waals surface area (Å²) in [5.74, 6) is -0.396. The van der Waals surface area contributed by atoms with Crippen molar-refractivity contribution in [2.45, 2.75) is 13.3 Å². The SMILES string of the molecule is CCCOc1ccc(C=C2C(=O)NC(=O)NC2=O)cc1OC. The summed E-state index contributed by atoms with van der Waals surface area (Å²) in [7, 11) is 1.50. The summed E-state index contributed by atoms with van der Waals surface area (Å²) >= 11 is 0. The Bertz CT molecular complexity index is 629. The predicted octanol–water partition coefficient (Wildman–Crippen LogP) is 1.23. The summed E-state index contributed by atoms with van der Waals surface area (Å²) in [4.78, 5) is 34.3. The number of carbonyl (C=O) groups excluding carboxylic acids is 3. The first-order chi connectivity index (χ1) is 10.5. The van der Waals surface area contributed by atoms with Crippen molar-refractivity contribution >= 4 is 23.9 Å². The molecular formula is C15H16N2O5. The molecule has 0 unspecified atom stereocenters. The van der Waals surface area contributed by atoms with Crippen LogP contribution in [0.5, 0.6) is 11.5 Å². The molecule has 0 bridgehead atoms. The van der Waals surface area contributed by atoms with Crippen molar-refractivity contribution in [1.29, 1.82) is 0 Å². The van der Waals surface area contributed by atoms with Crippen molar-refractivity contribution in [3.8, 4) is 11.5 Å². The number of amides is 4. The Labute approximate surface area is 127 Å². The molecule has 22 heavy (non-hydrogen) atoms. The molecule has 0 aliphatic carbocycles. The number of methoxy groups -OCH3 is 1. The Morgan fingerprint density at radius 1 is 1.09 bits per heavy atom. The molecule has 1 saturated heterocycles. The quantitative estimate of drug-likeness (QED) is 0.630. The van der Waals surface area contributed by atoms with E-state index in [-0.39, 0.29) is 5.57 Å². The Morgan fingerprint density at radius 3 is 2.36 bits per heavy atom. The van der Waals surface area contributed by atoms with Crippen LogP contribution in [0.25, 0.3) is 6.08 Å². The first-order valence-electron chi connectivity index (χ1n) is 6.74. The molecule has 116 valence electrons. The van der Waals surface area contributed by atoms with Gasteiger partial charge in [0, 0.05) is 0 Å². The van der Waals surface area contributed by atoms with Crippen molar-refractivity contribution in [3.63, 3.8) is 0 Å². The van der Waals surface area contributed by atoms with E-state index in [2.05, 4.69) is 0 Å². The zero-order chi connectivity index (χ0) is 16.1. The van der Waals surface area contributed by atoms with E-state index < -0.39 is 17.8 Å². The number of urea groups is 1. The molecule has 1 heterocycles. The van der Waals surface area contributed by atoms with Gasteiger partial charge in [-0.2, -0.15) is 0 Å². The highest BCUT2D eigenvalue weighted by Gasteiger charge is 2.27. The number of hydrogen-bond donors (Lipinski definition) is 2. The number of hydrogen-bond acceptors (Lipinski definition) is 5. The van der Waals surface area contributed by atoms with E-state index in [0.717, 1.165) is 6.42 Å². The average molecular weight is 304 g/mol. The van der Waals surface area contributed by atoms with Gasteiger partial charge in [-0.25, -0.2) is 4.79 Å². The van der Waals surface area contributed by atoms with Crippen LogP contribution in [0.4, 0.5) is 4.79 Å². The van der Waals surface area contributed by atoms with E-state index in [9.17, 15) is 14.4 Å². The van der Waals surface area contributed by atoms with Gasteiger partial charge in [0.15, 0.2) is 11.5 Å². The van der Waals surface area contributed by atoms with Gasteiger partial charge in [0.05, 0.1) is 13.7 Å². The van der Waals surface area contributed by atoms with Gasteiger partial charge >= 0.3 is 6.03 Å². The van der Waals surface area contributed by atoms with Crippen LogP contribution < -0.4 is 20.1 Å². The molecule has 2 rings (SSSR count). The smallest absolute Gasteiger partial charge is 0.328 e. The lowest BCUT2D eigenvalue weighted by atomic mass is 10.1. The fourth-order valence-electron chi connectivity index (χ4n) is 1.88. The van der Waals surface area contributed by atoms with Gasteiger partial charge < -0.3 is 9.47 Å². The fourth-order valence-corrected chi connectivity index (χ4v) is 1.88. The lowest BCUT2D eigenvalue weighted by Crippen LogP contribution is -2.51. The highest BCUT2D eigenvalue weighted by molar-refractivity contribution is 6.31. The maximum absolute atomic E-state index is 11.7. The average Bonchev–Trinajstić information content (AvgIpc) is 2.49. The zero-order valence-electron chi connectivity index (χ0n) is 12.3. The Hall–Kier alpha value is -2.83. The number of imide groups is 2. The van der Waals surface area contributed by atoms with Crippen LogP contribution in [0.1, 0.15) is 18.9 Å². The maximum Gasteiger partial charge on any atom is 0.328 e. The summed E-state index contributed by atoms with van der Waals surface area (Å²) in [6, 6.07) is 4.21. The van der Waals surface area contributed by atoms with Gasteiger partial charge in [-0.15, -0.1) is 0 Å². The molecular weight excluding hydrogens is 288 g/mol. The topological polar surface area (TPSA) is 93.7 Å². The van der Waals surface area contributed by atoms with Crippen molar-refractivity contribution in [2.75, 3.05) is 13.7 Å². The molecule has 1 fully saturated rings. The minimum absolute atomic E-state index is 0.149. The largest absolute Gasteiger partial charge is 0.493 e. The van der Waals surface area contributed by atoms with E-state index in [1.807, 2.05) is 17.6 Å². The van der Waals surface area contributed by atoms with Crippen LogP contribution in [-0.4, -0.2) is 31.6 Å². The van der Waals surface area contributed by atoms with E-state index in [1.165, 1.54) is 13.2 Å². The number of carbonyl (C=O) groups is 3. The van der Waals surface area contributed by atoms with E-state index in [0.29, 0.717) is 23.7 Å². The summed E-state index contributed by atoms with van der Waals surface area (Å²) in [5, 5.41) is 4.03. The third-order valence-corrected chi connectivity index (χ3v) is 2.90. The fraction of sp³-hybridized carbons (Fsp3) is 0.267. The second kappa shape index (κ2) is 6.75. The van der Waals surface area contributed by atoms with Crippen molar-refractivity contribution in [3.05, 3.63) is 29.3 Å². The summed E-state index contributed by atoms with van der Waals surface area (Å²) in [5.41, 5.74) is 0.430. The van der Waals surface area contributed by atoms with Gasteiger partial charge in [0.25, 0.3) is 11.8 Å². The molecule has 0 saturated carbocycles. The monoisotopic (exact) mass is 304 g/mol. The molecule has 0 atom stereocenters. The van der Waals surface area contributed by atoms with Crippen molar-refractivity contribution in [1.82, 2.24) is 10.6 Å². The van der Waals surface area contributed by atoms with Gasteiger partial charge in [0.1, 0.15) is 5.57 Å². The van der Waals surface area contributed by atoms with Crippen LogP contribution in [0, 0.1) is 0 Å². The molecule has 0 aromatic heterocycles. The van der Waals surface area contributed by atoms with Crippen molar-refractivity contribution < 1.29 is 23.9 Å². The summed E-state index contributed by atoms with van der Waals surface area (Å²) in [6.45, 7) is 2.55. The number of ether oxygens (including phenoxy) is 2. The molecule has 1 aliphatic heterocycles. The molecule has 4 amide bonds. The molecule has 0 spiro atoms. The number of benzene rings is 1. The van der Waals surface area contributed by atoms with Gasteiger partial charge in [0.2, 0.25) is 0 Å². The molecule has 7 nitrogen and oxygen atoms in total. The maximum atomic E-state index is 11.7. The van der Waals surface area contributed by atoms with E-state index >= 15 is 0 Å². The van der Waals surface area contributed by atoms with Crippen LogP contribution in [0.2, 0.25) is 0 Å². The second-order valence-corrected chi connectivity index (χ2v) is 4.55. The van der Waals surface area contributed by atoms with E-state index in [1.54, 1.807) is 18.2 Å². The third-order valence-electron chi connectivity index (χ3n) is 2.90. The number of nitrogens with one attached hydrogen (secondary N) is 2. The van der Waals surface area contributed by atoms with Crippen LogP contribution in [-0.2, 0) is 9.59 Å². The number of rotatable bonds is 5. The molecule has 1 aromatic rings. The molecule has 2 N–H and O–H groups in total. The van der Waals surface area contributed by atoms with Crippen LogP contribution in [0.15, 0.2) is 23.8 Å². The molecule has 0 radical (unpaired) electrons. The highest BCUT2D eigenvalue weighted by atomic mass is 16.5. The minimum atomic E-state index is -0.826. The normalized spacial score (nSPS) is 14.3. The lowest BCUT2D eigenvalue weighted by Gasteiger charge is -2.14. The van der Waals surface area contributed by atoms with Gasteiger partial charge in [-0.1, -0.05) is 13.0 Å². The Morgan fingerprint density at radius 2 is 1.77 bits per heavy atom. The van der Waals surface area contributed by atoms with Crippen LogP contribution in [0.3, 0.4) is 0 Å². The second-order valence-electron chi connectivity index (χ2n) is 4.55. The van der Waals surface area contributed by atoms with Crippen LogP contribution >= 0.6 is 0 Å². The molecule has 7 heteroatoms. The Balaban J connectivity index is 2.29. The van der Waals surface area contributed by atoms with Gasteiger partial charge in [-0.3, -0.25) is 20.2 Å². The first kappa shape index (κ1) is 15.6. The standard InChI is InChI=1S/C15H16N2O5/c1-3-6-22-11-5-4-9(8-12(11)21-2)7-10-13(18)16-15(20)17-14(10)19/h4-5,7-8H,3,6H2,1-2H3,(H2,16,17,18,19,20). The first-order valence-corrected chi connectivity index (χ1v) is 6.74. The third kappa shape index (κ3) is 3.43. The lowest BCUT2D eigenvalue weighted by molar-refractivity contribution is -0.123. The summed E-state index contributed by atoms with van der Waals surface area (Å²) in [6.07, 6.45) is 2.24. The Kier molecular flexibility index (Phi) is 4.77. The molecule has 1 aliphatic rings. The van der Waals surface area contributed by atoms with Crippen molar-refractivity contribution in [2.24, 2.45) is 0 Å². The predicted molar refractivity (Wildman–Crippen MR) is 78.4 cm³/mol.